The first-order valence-electron chi connectivity index (χ1n) is 10.8. The van der Waals surface area contributed by atoms with Crippen LogP contribution in [-0.2, 0) is 4.79 Å². The lowest BCUT2D eigenvalue weighted by Crippen LogP contribution is -2.49. The number of amides is 2. The highest BCUT2D eigenvalue weighted by molar-refractivity contribution is 7.16. The summed E-state index contributed by atoms with van der Waals surface area (Å²) in [6.45, 7) is 3.18. The minimum atomic E-state index is -1.13. The van der Waals surface area contributed by atoms with Crippen molar-refractivity contribution in [1.29, 1.82) is 0 Å². The van der Waals surface area contributed by atoms with Gasteiger partial charge in [-0.1, -0.05) is 17.9 Å². The molecule has 4 aromatic rings. The molecule has 0 spiro atoms. The van der Waals surface area contributed by atoms with Crippen LogP contribution in [-0.4, -0.2) is 51.6 Å². The van der Waals surface area contributed by atoms with Gasteiger partial charge in [-0.3, -0.25) is 14.0 Å². The van der Waals surface area contributed by atoms with Crippen molar-refractivity contribution in [3.05, 3.63) is 58.5 Å². The molecule has 35 heavy (non-hydrogen) atoms. The second-order valence-electron chi connectivity index (χ2n) is 8.60. The molecule has 4 heterocycles. The van der Waals surface area contributed by atoms with E-state index in [-0.39, 0.29) is 18.2 Å². The molecule has 2 N–H and O–H groups in total. The molecule has 3 aromatic heterocycles. The van der Waals surface area contributed by atoms with Crippen molar-refractivity contribution in [2.24, 2.45) is 0 Å². The average Bonchev–Trinajstić information content (AvgIpc) is 3.55. The maximum absolute atomic E-state index is 13.2. The number of nitrogens with zero attached hydrogens (tertiary/aromatic N) is 3. The third-order valence-electron chi connectivity index (χ3n) is 5.39. The first kappa shape index (κ1) is 23.1. The van der Waals surface area contributed by atoms with Gasteiger partial charge in [-0.25, -0.2) is 4.98 Å². The van der Waals surface area contributed by atoms with E-state index in [1.54, 1.807) is 56.6 Å². The van der Waals surface area contributed by atoms with Crippen LogP contribution in [0, 0.1) is 11.8 Å². The number of thiophene rings is 1. The second kappa shape index (κ2) is 8.85. The smallest absolute Gasteiger partial charge is 0.272 e. The van der Waals surface area contributed by atoms with E-state index >= 15 is 0 Å². The number of aromatic nitrogens is 2. The van der Waals surface area contributed by atoms with Gasteiger partial charge in [-0.2, -0.15) is 0 Å². The van der Waals surface area contributed by atoms with Gasteiger partial charge >= 0.3 is 0 Å². The van der Waals surface area contributed by atoms with Gasteiger partial charge in [-0.15, -0.1) is 22.7 Å². The van der Waals surface area contributed by atoms with E-state index in [0.29, 0.717) is 22.0 Å². The Morgan fingerprint density at radius 1 is 1.31 bits per heavy atom. The van der Waals surface area contributed by atoms with Crippen LogP contribution in [0.1, 0.15) is 29.9 Å². The summed E-state index contributed by atoms with van der Waals surface area (Å²) in [4.78, 5) is 33.8. The summed E-state index contributed by atoms with van der Waals surface area (Å²) in [6.07, 6.45) is 1.68. The minimum Gasteiger partial charge on any atom is -0.489 e. The normalized spacial score (nSPS) is 15.7. The molecule has 0 bridgehead atoms. The molecule has 178 valence electrons. The SMILES string of the molecule is CN1C(=O)[C@@H](NC(=O)c2cn3c(-c4cccs4)csc3n2)COc2ccc(C#CC(C)(C)O)cc21. The fourth-order valence-electron chi connectivity index (χ4n) is 3.63. The van der Waals surface area contributed by atoms with E-state index < -0.39 is 17.6 Å². The third kappa shape index (κ3) is 4.66. The summed E-state index contributed by atoms with van der Waals surface area (Å²) in [5, 5.41) is 16.6. The van der Waals surface area contributed by atoms with Crippen LogP contribution in [0.2, 0.25) is 0 Å². The summed E-state index contributed by atoms with van der Waals surface area (Å²) in [5.74, 6) is 5.41. The predicted octanol–water partition coefficient (Wildman–Crippen LogP) is 3.40. The lowest BCUT2D eigenvalue weighted by Gasteiger charge is -2.20. The van der Waals surface area contributed by atoms with Gasteiger partial charge in [0.25, 0.3) is 11.8 Å². The Kier molecular flexibility index (Phi) is 5.84. The number of nitrogens with one attached hydrogen (secondary N) is 1. The van der Waals surface area contributed by atoms with Gasteiger partial charge in [0.1, 0.15) is 29.7 Å². The van der Waals surface area contributed by atoms with Gasteiger partial charge in [0.2, 0.25) is 0 Å². The van der Waals surface area contributed by atoms with E-state index in [9.17, 15) is 14.7 Å². The Labute approximate surface area is 209 Å². The Balaban J connectivity index is 1.35. The average molecular weight is 507 g/mol. The minimum absolute atomic E-state index is 0.0146. The van der Waals surface area contributed by atoms with Crippen molar-refractivity contribution < 1.29 is 19.4 Å². The lowest BCUT2D eigenvalue weighted by atomic mass is 10.1. The number of carbonyl (C=O) groups excluding carboxylic acids is 2. The van der Waals surface area contributed by atoms with Crippen LogP contribution in [0.25, 0.3) is 15.5 Å². The number of anilines is 1. The summed E-state index contributed by atoms with van der Waals surface area (Å²) in [6, 6.07) is 8.32. The molecular formula is C25H22N4O4S2. The summed E-state index contributed by atoms with van der Waals surface area (Å²) in [5.41, 5.74) is 1.25. The van der Waals surface area contributed by atoms with Gasteiger partial charge in [0, 0.05) is 24.2 Å². The predicted molar refractivity (Wildman–Crippen MR) is 136 cm³/mol. The van der Waals surface area contributed by atoms with E-state index in [2.05, 4.69) is 22.1 Å². The fourth-order valence-corrected chi connectivity index (χ4v) is 5.32. The van der Waals surface area contributed by atoms with Gasteiger partial charge in [0.05, 0.1) is 16.3 Å². The van der Waals surface area contributed by atoms with Crippen molar-refractivity contribution in [2.75, 3.05) is 18.6 Å². The van der Waals surface area contributed by atoms with E-state index in [4.69, 9.17) is 4.74 Å². The molecule has 1 aliphatic heterocycles. The molecule has 0 radical (unpaired) electrons. The van der Waals surface area contributed by atoms with Crippen molar-refractivity contribution in [1.82, 2.24) is 14.7 Å². The number of benzene rings is 1. The van der Waals surface area contributed by atoms with Crippen molar-refractivity contribution in [3.63, 3.8) is 0 Å². The highest BCUT2D eigenvalue weighted by Crippen LogP contribution is 2.32. The Bertz CT molecular complexity index is 1490. The van der Waals surface area contributed by atoms with Crippen molar-refractivity contribution in [3.8, 4) is 28.2 Å². The Morgan fingerprint density at radius 3 is 2.89 bits per heavy atom. The van der Waals surface area contributed by atoms with Crippen LogP contribution >= 0.6 is 22.7 Å². The highest BCUT2D eigenvalue weighted by atomic mass is 32.1. The largest absolute Gasteiger partial charge is 0.489 e. The number of thiazole rings is 1. The fraction of sp³-hybridized carbons (Fsp3) is 0.240. The number of likely N-dealkylation sites (N-methyl/N-ethyl adjacent to an activating group) is 1. The molecule has 0 aliphatic carbocycles. The number of hydrogen-bond donors (Lipinski definition) is 2. The standard InChI is InChI=1S/C25H22N4O4S2/c1-25(2,32)9-8-15-6-7-20-18(11-15)28(3)23(31)17(13-33-20)26-22(30)16-12-29-19(14-35-24(29)27-16)21-5-4-10-34-21/h4-7,10-12,14,17,32H,13H2,1-3H3,(H,26,30)/t17-/m0/s1. The quantitative estimate of drug-likeness (QED) is 0.415. The molecule has 10 heteroatoms. The number of ether oxygens (including phenoxy) is 1. The van der Waals surface area contributed by atoms with E-state index in [1.807, 2.05) is 27.3 Å². The molecule has 0 unspecified atom stereocenters. The number of fused-ring (bicyclic) bond motifs is 2. The maximum atomic E-state index is 13.2. The molecule has 5 rings (SSSR count). The van der Waals surface area contributed by atoms with Crippen LogP contribution in [0.15, 0.2) is 47.3 Å². The van der Waals surface area contributed by atoms with Gasteiger partial charge in [-0.05, 0) is 43.5 Å². The molecule has 0 saturated carbocycles. The first-order valence-corrected chi connectivity index (χ1v) is 12.6. The molecule has 0 saturated heterocycles. The third-order valence-corrected chi connectivity index (χ3v) is 7.12. The summed E-state index contributed by atoms with van der Waals surface area (Å²) < 4.78 is 7.74. The number of imidazole rings is 1. The number of carbonyl (C=O) groups is 2. The Morgan fingerprint density at radius 2 is 2.14 bits per heavy atom. The van der Waals surface area contributed by atoms with Crippen molar-refractivity contribution in [2.45, 2.75) is 25.5 Å². The van der Waals surface area contributed by atoms with Crippen LogP contribution in [0.5, 0.6) is 5.75 Å². The van der Waals surface area contributed by atoms with Crippen LogP contribution in [0.3, 0.4) is 0 Å². The first-order chi connectivity index (χ1) is 16.7. The number of aliphatic hydroxyl groups is 1. The topological polar surface area (TPSA) is 96.2 Å². The lowest BCUT2D eigenvalue weighted by molar-refractivity contribution is -0.120. The zero-order valence-corrected chi connectivity index (χ0v) is 20.9. The summed E-state index contributed by atoms with van der Waals surface area (Å²) >= 11 is 3.06. The molecule has 1 aromatic carbocycles. The number of hydrogen-bond acceptors (Lipinski definition) is 7. The zero-order valence-electron chi connectivity index (χ0n) is 19.2. The second-order valence-corrected chi connectivity index (χ2v) is 10.4. The van der Waals surface area contributed by atoms with E-state index in [1.165, 1.54) is 16.2 Å². The van der Waals surface area contributed by atoms with Gasteiger partial charge in [0.15, 0.2) is 4.96 Å². The molecule has 0 fully saturated rings. The molecular weight excluding hydrogens is 484 g/mol. The van der Waals surface area contributed by atoms with E-state index in [0.717, 1.165) is 10.6 Å². The molecule has 1 atom stereocenters. The summed E-state index contributed by atoms with van der Waals surface area (Å²) in [7, 11) is 1.63. The molecule has 8 nitrogen and oxygen atoms in total. The van der Waals surface area contributed by atoms with Crippen LogP contribution in [0.4, 0.5) is 5.69 Å². The van der Waals surface area contributed by atoms with Crippen molar-refractivity contribution >= 4 is 45.1 Å². The highest BCUT2D eigenvalue weighted by Gasteiger charge is 2.31. The monoisotopic (exact) mass is 506 g/mol. The van der Waals surface area contributed by atoms with Gasteiger partial charge < -0.3 is 20.1 Å². The maximum Gasteiger partial charge on any atom is 0.272 e. The Hall–Kier alpha value is -3.65. The molecule has 1 aliphatic rings. The molecule has 2 amide bonds. The number of rotatable bonds is 3. The van der Waals surface area contributed by atoms with Crippen LogP contribution < -0.4 is 15.0 Å². The zero-order chi connectivity index (χ0) is 24.7.